The molecule has 0 aliphatic carbocycles. The molecular weight excluding hydrogens is 254 g/mol. The molecule has 2 aromatic rings. The summed E-state index contributed by atoms with van der Waals surface area (Å²) in [6, 6.07) is 12.3. The fourth-order valence-corrected chi connectivity index (χ4v) is 2.80. The molecule has 0 saturated heterocycles. The van der Waals surface area contributed by atoms with Crippen molar-refractivity contribution in [1.29, 1.82) is 0 Å². The van der Waals surface area contributed by atoms with Gasteiger partial charge in [0.2, 0.25) is 0 Å². The third-order valence-corrected chi connectivity index (χ3v) is 4.05. The maximum absolute atomic E-state index is 9.75. The first-order chi connectivity index (χ1) is 9.08. The monoisotopic (exact) mass is 273 g/mol. The van der Waals surface area contributed by atoms with Crippen LogP contribution in [-0.2, 0) is 0 Å². The van der Waals surface area contributed by atoms with E-state index in [4.69, 9.17) is 0 Å². The Bertz CT molecular complexity index is 535. The SMILES string of the molecule is CC(C)c1ccc(Sc2ncccc2[C@@H](C)O)cc1. The zero-order valence-corrected chi connectivity index (χ0v) is 12.3. The van der Waals surface area contributed by atoms with E-state index in [1.165, 1.54) is 5.56 Å². The van der Waals surface area contributed by atoms with Crippen LogP contribution in [0.3, 0.4) is 0 Å². The van der Waals surface area contributed by atoms with Crippen molar-refractivity contribution >= 4 is 11.8 Å². The predicted molar refractivity (Wildman–Crippen MR) is 79.5 cm³/mol. The van der Waals surface area contributed by atoms with Crippen LogP contribution in [-0.4, -0.2) is 10.1 Å². The van der Waals surface area contributed by atoms with Gasteiger partial charge in [-0.25, -0.2) is 4.98 Å². The standard InChI is InChI=1S/C16H19NOS/c1-11(2)13-6-8-14(9-7-13)19-16-15(12(3)18)5-4-10-17-16/h4-12,18H,1-3H3/t12-/m1/s1. The van der Waals surface area contributed by atoms with Crippen LogP contribution in [0.1, 0.15) is 43.9 Å². The highest BCUT2D eigenvalue weighted by atomic mass is 32.2. The van der Waals surface area contributed by atoms with E-state index in [-0.39, 0.29) is 0 Å². The molecule has 0 radical (unpaired) electrons. The van der Waals surface area contributed by atoms with Gasteiger partial charge >= 0.3 is 0 Å². The van der Waals surface area contributed by atoms with Crippen molar-refractivity contribution in [3.05, 3.63) is 53.7 Å². The van der Waals surface area contributed by atoms with Gasteiger partial charge in [0.05, 0.1) is 6.10 Å². The van der Waals surface area contributed by atoms with Crippen molar-refractivity contribution < 1.29 is 5.11 Å². The summed E-state index contributed by atoms with van der Waals surface area (Å²) in [5, 5.41) is 10.6. The molecule has 1 N–H and O–H groups in total. The van der Waals surface area contributed by atoms with Crippen LogP contribution in [0.15, 0.2) is 52.5 Å². The summed E-state index contributed by atoms with van der Waals surface area (Å²) in [4.78, 5) is 5.50. The quantitative estimate of drug-likeness (QED) is 0.895. The smallest absolute Gasteiger partial charge is 0.106 e. The minimum Gasteiger partial charge on any atom is -0.389 e. The van der Waals surface area contributed by atoms with E-state index >= 15 is 0 Å². The average molecular weight is 273 g/mol. The molecule has 1 atom stereocenters. The number of aliphatic hydroxyl groups is 1. The summed E-state index contributed by atoms with van der Waals surface area (Å²) in [6.07, 6.45) is 1.27. The van der Waals surface area contributed by atoms with Crippen LogP contribution in [0.5, 0.6) is 0 Å². The Morgan fingerprint density at radius 2 is 1.74 bits per heavy atom. The Morgan fingerprint density at radius 3 is 2.32 bits per heavy atom. The molecule has 0 unspecified atom stereocenters. The summed E-state index contributed by atoms with van der Waals surface area (Å²) in [6.45, 7) is 6.14. The molecule has 1 aromatic heterocycles. The molecule has 2 rings (SSSR count). The number of pyridine rings is 1. The van der Waals surface area contributed by atoms with E-state index in [1.54, 1.807) is 24.9 Å². The zero-order chi connectivity index (χ0) is 13.8. The Morgan fingerprint density at radius 1 is 1.05 bits per heavy atom. The van der Waals surface area contributed by atoms with Gasteiger partial charge in [0, 0.05) is 16.7 Å². The predicted octanol–water partition coefficient (Wildman–Crippen LogP) is 4.41. The Balaban J connectivity index is 2.21. The second-order valence-corrected chi connectivity index (χ2v) is 5.96. The normalized spacial score (nSPS) is 12.7. The third kappa shape index (κ3) is 3.58. The molecule has 0 fully saturated rings. The van der Waals surface area contributed by atoms with Crippen LogP contribution >= 0.6 is 11.8 Å². The molecule has 100 valence electrons. The minimum absolute atomic E-state index is 0.494. The highest BCUT2D eigenvalue weighted by molar-refractivity contribution is 7.99. The van der Waals surface area contributed by atoms with Gasteiger partial charge in [-0.1, -0.05) is 43.8 Å². The van der Waals surface area contributed by atoms with Gasteiger partial charge in [0.25, 0.3) is 0 Å². The molecule has 0 aliphatic rings. The third-order valence-electron chi connectivity index (χ3n) is 3.01. The van der Waals surface area contributed by atoms with Crippen LogP contribution in [0.25, 0.3) is 0 Å². The van der Waals surface area contributed by atoms with Crippen molar-refractivity contribution in [2.45, 2.75) is 42.7 Å². The first kappa shape index (κ1) is 14.1. The van der Waals surface area contributed by atoms with Gasteiger partial charge in [-0.15, -0.1) is 0 Å². The van der Waals surface area contributed by atoms with Crippen molar-refractivity contribution in [2.75, 3.05) is 0 Å². The lowest BCUT2D eigenvalue weighted by atomic mass is 10.0. The van der Waals surface area contributed by atoms with E-state index in [1.807, 2.05) is 12.1 Å². The molecule has 2 nitrogen and oxygen atoms in total. The number of hydrogen-bond acceptors (Lipinski definition) is 3. The summed E-state index contributed by atoms with van der Waals surface area (Å²) in [5.41, 5.74) is 2.21. The van der Waals surface area contributed by atoms with Crippen LogP contribution in [0, 0.1) is 0 Å². The van der Waals surface area contributed by atoms with Gasteiger partial charge in [0.15, 0.2) is 0 Å². The number of hydrogen-bond donors (Lipinski definition) is 1. The van der Waals surface area contributed by atoms with Gasteiger partial charge < -0.3 is 5.11 Å². The molecule has 0 saturated carbocycles. The van der Waals surface area contributed by atoms with E-state index in [0.717, 1.165) is 15.5 Å². The molecule has 0 spiro atoms. The van der Waals surface area contributed by atoms with Crippen molar-refractivity contribution in [1.82, 2.24) is 4.98 Å². The summed E-state index contributed by atoms with van der Waals surface area (Å²) in [5.74, 6) is 0.543. The second-order valence-electron chi connectivity index (χ2n) is 4.90. The maximum atomic E-state index is 9.75. The van der Waals surface area contributed by atoms with Crippen LogP contribution < -0.4 is 0 Å². The Kier molecular flexibility index (Phi) is 4.61. The van der Waals surface area contributed by atoms with E-state index in [9.17, 15) is 5.11 Å². The molecule has 1 aromatic carbocycles. The van der Waals surface area contributed by atoms with Gasteiger partial charge in [0.1, 0.15) is 5.03 Å². The zero-order valence-electron chi connectivity index (χ0n) is 11.5. The van der Waals surface area contributed by atoms with Gasteiger partial charge in [-0.05, 0) is 36.6 Å². The fourth-order valence-electron chi connectivity index (χ4n) is 1.84. The Labute approximate surface area is 118 Å². The number of nitrogens with zero attached hydrogens (tertiary/aromatic N) is 1. The average Bonchev–Trinajstić information content (AvgIpc) is 2.39. The number of rotatable bonds is 4. The summed E-state index contributed by atoms with van der Waals surface area (Å²) < 4.78 is 0. The fraction of sp³-hybridized carbons (Fsp3) is 0.312. The van der Waals surface area contributed by atoms with Crippen molar-refractivity contribution in [3.8, 4) is 0 Å². The van der Waals surface area contributed by atoms with Crippen LogP contribution in [0.4, 0.5) is 0 Å². The first-order valence-corrected chi connectivity index (χ1v) is 7.30. The maximum Gasteiger partial charge on any atom is 0.106 e. The lowest BCUT2D eigenvalue weighted by Crippen LogP contribution is -1.95. The number of aliphatic hydroxyl groups excluding tert-OH is 1. The summed E-state index contributed by atoms with van der Waals surface area (Å²) >= 11 is 1.59. The molecule has 0 aliphatic heterocycles. The molecule has 19 heavy (non-hydrogen) atoms. The molecule has 3 heteroatoms. The molecule has 0 bridgehead atoms. The van der Waals surface area contributed by atoms with Gasteiger partial charge in [-0.2, -0.15) is 0 Å². The highest BCUT2D eigenvalue weighted by Crippen LogP contribution is 2.32. The van der Waals surface area contributed by atoms with Crippen molar-refractivity contribution in [2.24, 2.45) is 0 Å². The highest BCUT2D eigenvalue weighted by Gasteiger charge is 2.10. The first-order valence-electron chi connectivity index (χ1n) is 6.48. The molecule has 1 heterocycles. The lowest BCUT2D eigenvalue weighted by Gasteiger charge is -2.11. The van der Waals surface area contributed by atoms with Crippen LogP contribution in [0.2, 0.25) is 0 Å². The van der Waals surface area contributed by atoms with E-state index in [2.05, 4.69) is 43.1 Å². The Hall–Kier alpha value is -1.32. The van der Waals surface area contributed by atoms with E-state index < -0.39 is 6.10 Å². The number of aromatic nitrogens is 1. The molecule has 0 amide bonds. The van der Waals surface area contributed by atoms with Crippen molar-refractivity contribution in [3.63, 3.8) is 0 Å². The largest absolute Gasteiger partial charge is 0.389 e. The lowest BCUT2D eigenvalue weighted by molar-refractivity contribution is 0.195. The second kappa shape index (κ2) is 6.22. The van der Waals surface area contributed by atoms with Gasteiger partial charge in [-0.3, -0.25) is 0 Å². The number of benzene rings is 1. The summed E-state index contributed by atoms with van der Waals surface area (Å²) in [7, 11) is 0. The topological polar surface area (TPSA) is 33.1 Å². The minimum atomic E-state index is -0.494. The van der Waals surface area contributed by atoms with E-state index in [0.29, 0.717) is 5.92 Å². The molecular formula is C16H19NOS.